The van der Waals surface area contributed by atoms with Gasteiger partial charge in [-0.05, 0) is 31.2 Å². The molecule has 0 aliphatic rings. The molecule has 0 fully saturated rings. The summed E-state index contributed by atoms with van der Waals surface area (Å²) in [6, 6.07) is 9.52. The van der Waals surface area contributed by atoms with Crippen molar-refractivity contribution in [1.82, 2.24) is 4.98 Å². The number of hydrogen-bond acceptors (Lipinski definition) is 4. The molecule has 3 rings (SSSR count). The number of furan rings is 1. The second kappa shape index (κ2) is 4.98. The highest BCUT2D eigenvalue weighted by molar-refractivity contribution is 5.79. The van der Waals surface area contributed by atoms with Crippen LogP contribution in [0.25, 0.3) is 11.0 Å². The summed E-state index contributed by atoms with van der Waals surface area (Å²) in [5, 5.41) is 1.06. The van der Waals surface area contributed by atoms with E-state index in [9.17, 15) is 0 Å². The van der Waals surface area contributed by atoms with Gasteiger partial charge in [-0.15, -0.1) is 0 Å². The number of hydrogen-bond donors (Lipinski definition) is 1. The van der Waals surface area contributed by atoms with Crippen molar-refractivity contribution in [2.24, 2.45) is 5.73 Å². The normalized spacial score (nSPS) is 12.6. The van der Waals surface area contributed by atoms with E-state index in [1.54, 1.807) is 19.5 Å². The Kier molecular flexibility index (Phi) is 3.16. The van der Waals surface area contributed by atoms with Crippen LogP contribution in [0.3, 0.4) is 0 Å². The van der Waals surface area contributed by atoms with Crippen molar-refractivity contribution in [3.8, 4) is 5.75 Å². The summed E-state index contributed by atoms with van der Waals surface area (Å²) in [5.74, 6) is 1.38. The topological polar surface area (TPSA) is 61.3 Å². The van der Waals surface area contributed by atoms with Crippen molar-refractivity contribution in [3.63, 3.8) is 0 Å². The number of pyridine rings is 1. The molecular formula is C16H16N2O2. The molecule has 1 unspecified atom stereocenters. The van der Waals surface area contributed by atoms with Gasteiger partial charge in [-0.25, -0.2) is 0 Å². The molecule has 0 bridgehead atoms. The lowest BCUT2D eigenvalue weighted by molar-refractivity contribution is 0.402. The maximum absolute atomic E-state index is 6.29. The van der Waals surface area contributed by atoms with Gasteiger partial charge < -0.3 is 14.9 Å². The summed E-state index contributed by atoms with van der Waals surface area (Å²) >= 11 is 0. The standard InChI is InChI=1S/C16H16N2O2/c1-10-3-4-13-11(7-10)8-14(20-13)16(17)12-5-6-18-9-15(12)19-2/h3-9,16H,17H2,1-2H3. The Labute approximate surface area is 117 Å². The van der Waals surface area contributed by atoms with E-state index in [4.69, 9.17) is 14.9 Å². The lowest BCUT2D eigenvalue weighted by Crippen LogP contribution is -2.12. The average molecular weight is 268 g/mol. The summed E-state index contributed by atoms with van der Waals surface area (Å²) in [4.78, 5) is 4.04. The zero-order valence-electron chi connectivity index (χ0n) is 11.5. The molecule has 4 heteroatoms. The van der Waals surface area contributed by atoms with Crippen molar-refractivity contribution in [1.29, 1.82) is 0 Å². The Balaban J connectivity index is 2.05. The van der Waals surface area contributed by atoms with E-state index in [1.165, 1.54) is 5.56 Å². The number of ether oxygens (including phenoxy) is 1. The predicted molar refractivity (Wildman–Crippen MR) is 77.8 cm³/mol. The SMILES string of the molecule is COc1cnccc1C(N)c1cc2cc(C)ccc2o1. The number of methoxy groups -OCH3 is 1. The fourth-order valence-corrected chi connectivity index (χ4v) is 2.31. The van der Waals surface area contributed by atoms with Gasteiger partial charge in [0.15, 0.2) is 0 Å². The zero-order valence-corrected chi connectivity index (χ0v) is 11.5. The zero-order chi connectivity index (χ0) is 14.1. The van der Waals surface area contributed by atoms with E-state index in [0.717, 1.165) is 22.3 Å². The van der Waals surface area contributed by atoms with Crippen LogP contribution in [-0.2, 0) is 0 Å². The van der Waals surface area contributed by atoms with Crippen LogP contribution in [0, 0.1) is 6.92 Å². The number of rotatable bonds is 3. The van der Waals surface area contributed by atoms with Crippen LogP contribution in [0.15, 0.2) is 47.1 Å². The van der Waals surface area contributed by atoms with Crippen LogP contribution in [0.5, 0.6) is 5.75 Å². The Morgan fingerprint density at radius 3 is 2.90 bits per heavy atom. The molecule has 2 heterocycles. The van der Waals surface area contributed by atoms with E-state index in [-0.39, 0.29) is 6.04 Å². The Morgan fingerprint density at radius 2 is 2.10 bits per heavy atom. The van der Waals surface area contributed by atoms with E-state index in [0.29, 0.717) is 5.75 Å². The second-order valence-electron chi connectivity index (χ2n) is 4.79. The third-order valence-electron chi connectivity index (χ3n) is 3.37. The fraction of sp³-hybridized carbons (Fsp3) is 0.188. The molecule has 0 saturated carbocycles. The Morgan fingerprint density at radius 1 is 1.25 bits per heavy atom. The molecule has 0 aliphatic carbocycles. The minimum absolute atomic E-state index is 0.374. The Bertz CT molecular complexity index is 749. The minimum Gasteiger partial charge on any atom is -0.495 e. The first-order valence-electron chi connectivity index (χ1n) is 6.42. The maximum atomic E-state index is 6.29. The van der Waals surface area contributed by atoms with Gasteiger partial charge in [-0.3, -0.25) is 4.98 Å². The number of fused-ring (bicyclic) bond motifs is 1. The van der Waals surface area contributed by atoms with Gasteiger partial charge in [0.2, 0.25) is 0 Å². The van der Waals surface area contributed by atoms with Gasteiger partial charge in [-0.1, -0.05) is 11.6 Å². The molecule has 2 N–H and O–H groups in total. The van der Waals surface area contributed by atoms with Gasteiger partial charge in [0, 0.05) is 17.1 Å². The number of nitrogens with two attached hydrogens (primary N) is 1. The molecule has 0 aliphatic heterocycles. The molecule has 1 aromatic carbocycles. The van der Waals surface area contributed by atoms with Gasteiger partial charge in [0.1, 0.15) is 17.1 Å². The molecule has 4 nitrogen and oxygen atoms in total. The van der Waals surface area contributed by atoms with Crippen LogP contribution in [0.2, 0.25) is 0 Å². The van der Waals surface area contributed by atoms with Crippen LogP contribution in [0.1, 0.15) is 22.9 Å². The molecule has 102 valence electrons. The van der Waals surface area contributed by atoms with Gasteiger partial charge in [0.05, 0.1) is 19.3 Å². The predicted octanol–water partition coefficient (Wildman–Crippen LogP) is 3.19. The molecule has 0 amide bonds. The van der Waals surface area contributed by atoms with Gasteiger partial charge >= 0.3 is 0 Å². The highest BCUT2D eigenvalue weighted by Crippen LogP contribution is 2.31. The second-order valence-corrected chi connectivity index (χ2v) is 4.79. The van der Waals surface area contributed by atoms with Gasteiger partial charge in [-0.2, -0.15) is 0 Å². The van der Waals surface area contributed by atoms with Crippen molar-refractivity contribution < 1.29 is 9.15 Å². The summed E-state index contributed by atoms with van der Waals surface area (Å²) < 4.78 is 11.1. The van der Waals surface area contributed by atoms with E-state index in [2.05, 4.69) is 18.0 Å². The summed E-state index contributed by atoms with van der Waals surface area (Å²) in [7, 11) is 1.61. The van der Waals surface area contributed by atoms with Crippen LogP contribution < -0.4 is 10.5 Å². The van der Waals surface area contributed by atoms with Crippen molar-refractivity contribution in [2.75, 3.05) is 7.11 Å². The molecule has 20 heavy (non-hydrogen) atoms. The number of nitrogens with zero attached hydrogens (tertiary/aromatic N) is 1. The lowest BCUT2D eigenvalue weighted by atomic mass is 10.1. The lowest BCUT2D eigenvalue weighted by Gasteiger charge is -2.12. The third kappa shape index (κ3) is 2.14. The summed E-state index contributed by atoms with van der Waals surface area (Å²) in [6.07, 6.45) is 3.35. The number of aryl methyl sites for hydroxylation is 1. The molecule has 0 radical (unpaired) electrons. The van der Waals surface area contributed by atoms with Crippen molar-refractivity contribution >= 4 is 11.0 Å². The molecule has 0 spiro atoms. The van der Waals surface area contributed by atoms with Crippen LogP contribution >= 0.6 is 0 Å². The molecule has 2 aromatic heterocycles. The maximum Gasteiger partial charge on any atom is 0.142 e. The highest BCUT2D eigenvalue weighted by Gasteiger charge is 2.18. The third-order valence-corrected chi connectivity index (χ3v) is 3.37. The number of benzene rings is 1. The molecule has 0 saturated heterocycles. The summed E-state index contributed by atoms with van der Waals surface area (Å²) in [6.45, 7) is 2.05. The largest absolute Gasteiger partial charge is 0.495 e. The van der Waals surface area contributed by atoms with E-state index < -0.39 is 0 Å². The van der Waals surface area contributed by atoms with E-state index in [1.807, 2.05) is 24.3 Å². The van der Waals surface area contributed by atoms with Crippen molar-refractivity contribution in [2.45, 2.75) is 13.0 Å². The Hall–Kier alpha value is -2.33. The molecule has 1 atom stereocenters. The minimum atomic E-state index is -0.374. The first-order valence-corrected chi connectivity index (χ1v) is 6.42. The monoisotopic (exact) mass is 268 g/mol. The highest BCUT2D eigenvalue weighted by atomic mass is 16.5. The summed E-state index contributed by atoms with van der Waals surface area (Å²) in [5.41, 5.74) is 9.19. The van der Waals surface area contributed by atoms with Gasteiger partial charge in [0.25, 0.3) is 0 Å². The average Bonchev–Trinajstić information content (AvgIpc) is 2.89. The smallest absolute Gasteiger partial charge is 0.142 e. The van der Waals surface area contributed by atoms with Crippen LogP contribution in [-0.4, -0.2) is 12.1 Å². The van der Waals surface area contributed by atoms with E-state index >= 15 is 0 Å². The number of aromatic nitrogens is 1. The molecular weight excluding hydrogens is 252 g/mol. The van der Waals surface area contributed by atoms with Crippen molar-refractivity contribution in [3.05, 3.63) is 59.6 Å². The first-order chi connectivity index (χ1) is 9.69. The fourth-order valence-electron chi connectivity index (χ4n) is 2.31. The van der Waals surface area contributed by atoms with Crippen LogP contribution in [0.4, 0.5) is 0 Å². The molecule has 3 aromatic rings. The quantitative estimate of drug-likeness (QED) is 0.792. The first kappa shape index (κ1) is 12.7.